The van der Waals surface area contributed by atoms with Gasteiger partial charge < -0.3 is 25.3 Å². The Morgan fingerprint density at radius 2 is 2.06 bits per heavy atom. The molecule has 8 nitrogen and oxygen atoms in total. The molecule has 1 amide bonds. The fraction of sp³-hybridized carbons (Fsp3) is 0.348. The zero-order valence-corrected chi connectivity index (χ0v) is 19.8. The minimum Gasteiger partial charge on any atom is -0.383 e. The topological polar surface area (TPSA) is 93.1 Å². The van der Waals surface area contributed by atoms with Gasteiger partial charge in [0.05, 0.1) is 27.9 Å². The highest BCUT2D eigenvalue weighted by Crippen LogP contribution is 2.31. The summed E-state index contributed by atoms with van der Waals surface area (Å²) in [5.41, 5.74) is 3.16. The van der Waals surface area contributed by atoms with E-state index >= 15 is 0 Å². The number of carbonyl (C=O) groups is 1. The van der Waals surface area contributed by atoms with Crippen LogP contribution in [0.4, 0.5) is 11.1 Å². The van der Waals surface area contributed by atoms with E-state index in [1.54, 1.807) is 7.11 Å². The number of nitrogens with zero attached hydrogens (tertiary/aromatic N) is 3. The first-order valence-electron chi connectivity index (χ1n) is 10.9. The SMILES string of the molecule is COCCn1c(Nc2nc3ccc(Cl)cc3s2)nc2cc(C(=O)NC3CCNCC3)ccc21. The summed E-state index contributed by atoms with van der Waals surface area (Å²) in [4.78, 5) is 22.2. The maximum atomic E-state index is 12.8. The number of aromatic nitrogens is 3. The van der Waals surface area contributed by atoms with E-state index in [1.807, 2.05) is 41.0 Å². The second kappa shape index (κ2) is 9.64. The van der Waals surface area contributed by atoms with E-state index in [0.29, 0.717) is 29.7 Å². The van der Waals surface area contributed by atoms with E-state index in [1.165, 1.54) is 11.3 Å². The highest BCUT2D eigenvalue weighted by atomic mass is 35.5. The summed E-state index contributed by atoms with van der Waals surface area (Å²) in [6.07, 6.45) is 1.89. The number of halogens is 1. The van der Waals surface area contributed by atoms with Crippen LogP contribution in [0.15, 0.2) is 36.4 Å². The molecule has 0 aliphatic carbocycles. The Bertz CT molecular complexity index is 1300. The number of amides is 1. The lowest BCUT2D eigenvalue weighted by Gasteiger charge is -2.23. The molecule has 0 bridgehead atoms. The minimum absolute atomic E-state index is 0.0622. The van der Waals surface area contributed by atoms with E-state index in [9.17, 15) is 4.79 Å². The highest BCUT2D eigenvalue weighted by molar-refractivity contribution is 7.22. The summed E-state index contributed by atoms with van der Waals surface area (Å²) in [6.45, 7) is 3.02. The van der Waals surface area contributed by atoms with Crippen LogP contribution in [0.3, 0.4) is 0 Å². The van der Waals surface area contributed by atoms with Gasteiger partial charge in [-0.15, -0.1) is 0 Å². The first-order valence-corrected chi connectivity index (χ1v) is 12.1. The summed E-state index contributed by atoms with van der Waals surface area (Å²) in [6, 6.07) is 11.5. The number of fused-ring (bicyclic) bond motifs is 2. The van der Waals surface area contributed by atoms with Gasteiger partial charge in [0.1, 0.15) is 0 Å². The van der Waals surface area contributed by atoms with Crippen LogP contribution in [-0.4, -0.2) is 53.3 Å². The van der Waals surface area contributed by atoms with Gasteiger partial charge in [0.25, 0.3) is 5.91 Å². The van der Waals surface area contributed by atoms with Crippen molar-refractivity contribution in [3.05, 3.63) is 47.0 Å². The first-order chi connectivity index (χ1) is 16.1. The molecule has 33 heavy (non-hydrogen) atoms. The van der Waals surface area contributed by atoms with Crippen LogP contribution in [0.5, 0.6) is 0 Å². The number of piperidine rings is 1. The summed E-state index contributed by atoms with van der Waals surface area (Å²) < 4.78 is 8.35. The quantitative estimate of drug-likeness (QED) is 0.364. The van der Waals surface area contributed by atoms with Crippen molar-refractivity contribution in [2.24, 2.45) is 0 Å². The van der Waals surface area contributed by atoms with Gasteiger partial charge in [-0.05, 0) is 62.3 Å². The van der Waals surface area contributed by atoms with Crippen molar-refractivity contribution in [1.82, 2.24) is 25.2 Å². The Balaban J connectivity index is 1.44. The predicted octanol–water partition coefficient (Wildman–Crippen LogP) is 4.17. The van der Waals surface area contributed by atoms with Gasteiger partial charge in [-0.1, -0.05) is 22.9 Å². The molecule has 1 aliphatic rings. The van der Waals surface area contributed by atoms with Crippen molar-refractivity contribution < 1.29 is 9.53 Å². The molecule has 0 unspecified atom stereocenters. The number of benzene rings is 2. The van der Waals surface area contributed by atoms with Gasteiger partial charge in [-0.3, -0.25) is 4.79 Å². The monoisotopic (exact) mass is 484 g/mol. The molecule has 1 aliphatic heterocycles. The molecule has 1 saturated heterocycles. The number of hydrogen-bond donors (Lipinski definition) is 3. The predicted molar refractivity (Wildman–Crippen MR) is 133 cm³/mol. The molecule has 2 aromatic carbocycles. The van der Waals surface area contributed by atoms with E-state index in [-0.39, 0.29) is 11.9 Å². The maximum absolute atomic E-state index is 12.8. The molecule has 5 rings (SSSR count). The van der Waals surface area contributed by atoms with Crippen molar-refractivity contribution >= 4 is 61.2 Å². The van der Waals surface area contributed by atoms with Crippen LogP contribution < -0.4 is 16.0 Å². The van der Waals surface area contributed by atoms with Crippen molar-refractivity contribution in [2.45, 2.75) is 25.4 Å². The Morgan fingerprint density at radius 3 is 2.88 bits per heavy atom. The number of hydrogen-bond acceptors (Lipinski definition) is 7. The molecular weight excluding hydrogens is 460 g/mol. The smallest absolute Gasteiger partial charge is 0.251 e. The maximum Gasteiger partial charge on any atom is 0.251 e. The Morgan fingerprint density at radius 1 is 1.21 bits per heavy atom. The van der Waals surface area contributed by atoms with Crippen LogP contribution in [-0.2, 0) is 11.3 Å². The first kappa shape index (κ1) is 22.1. The Labute approximate surface area is 200 Å². The second-order valence-electron chi connectivity index (χ2n) is 8.04. The molecule has 3 heterocycles. The van der Waals surface area contributed by atoms with Crippen LogP contribution >= 0.6 is 22.9 Å². The molecule has 0 radical (unpaired) electrons. The van der Waals surface area contributed by atoms with E-state index in [4.69, 9.17) is 21.3 Å². The van der Waals surface area contributed by atoms with E-state index in [0.717, 1.165) is 52.3 Å². The van der Waals surface area contributed by atoms with Gasteiger partial charge in [-0.2, -0.15) is 0 Å². The molecule has 10 heteroatoms. The van der Waals surface area contributed by atoms with Crippen molar-refractivity contribution in [1.29, 1.82) is 0 Å². The van der Waals surface area contributed by atoms with Crippen LogP contribution in [0.2, 0.25) is 5.02 Å². The van der Waals surface area contributed by atoms with Crippen molar-refractivity contribution in [3.8, 4) is 0 Å². The van der Waals surface area contributed by atoms with E-state index < -0.39 is 0 Å². The van der Waals surface area contributed by atoms with Crippen molar-refractivity contribution in [3.63, 3.8) is 0 Å². The molecule has 1 fully saturated rings. The van der Waals surface area contributed by atoms with Gasteiger partial charge in [0, 0.05) is 30.3 Å². The standard InChI is InChI=1S/C23H25ClN6O2S/c1-32-11-10-30-19-5-2-14(21(31)26-16-6-8-25-9-7-16)12-18(19)27-22(30)29-23-28-17-4-3-15(24)13-20(17)33-23/h2-5,12-13,16,25H,6-11H2,1H3,(H,26,31)(H,27,28,29). The summed E-state index contributed by atoms with van der Waals surface area (Å²) >= 11 is 7.63. The summed E-state index contributed by atoms with van der Waals surface area (Å²) in [5, 5.41) is 11.2. The number of anilines is 2. The normalized spacial score (nSPS) is 14.7. The number of thiazole rings is 1. The lowest BCUT2D eigenvalue weighted by Crippen LogP contribution is -2.42. The lowest BCUT2D eigenvalue weighted by molar-refractivity contribution is 0.0929. The summed E-state index contributed by atoms with van der Waals surface area (Å²) in [5.74, 6) is 0.593. The van der Waals surface area contributed by atoms with Crippen LogP contribution in [0.25, 0.3) is 21.3 Å². The number of methoxy groups -OCH3 is 1. The largest absolute Gasteiger partial charge is 0.383 e. The molecule has 4 aromatic rings. The third-order valence-corrected chi connectivity index (χ3v) is 6.94. The molecule has 172 valence electrons. The average molecular weight is 485 g/mol. The molecule has 0 atom stereocenters. The van der Waals surface area contributed by atoms with E-state index in [2.05, 4.69) is 20.9 Å². The van der Waals surface area contributed by atoms with Crippen LogP contribution in [0.1, 0.15) is 23.2 Å². The van der Waals surface area contributed by atoms with Crippen LogP contribution in [0, 0.1) is 0 Å². The number of nitrogens with one attached hydrogen (secondary N) is 3. The fourth-order valence-corrected chi connectivity index (χ4v) is 5.19. The third-order valence-electron chi connectivity index (χ3n) is 5.77. The molecular formula is C23H25ClN6O2S. The number of imidazole rings is 1. The van der Waals surface area contributed by atoms with Gasteiger partial charge in [0.2, 0.25) is 5.95 Å². The van der Waals surface area contributed by atoms with Crippen molar-refractivity contribution in [2.75, 3.05) is 32.1 Å². The average Bonchev–Trinajstić information content (AvgIpc) is 3.37. The fourth-order valence-electron chi connectivity index (χ4n) is 4.06. The zero-order chi connectivity index (χ0) is 22.8. The second-order valence-corrected chi connectivity index (χ2v) is 9.50. The Hall–Kier alpha value is -2.72. The Kier molecular flexibility index (Phi) is 6.45. The number of carbonyl (C=O) groups excluding carboxylic acids is 1. The molecule has 3 N–H and O–H groups in total. The van der Waals surface area contributed by atoms with Gasteiger partial charge in [0.15, 0.2) is 5.13 Å². The van der Waals surface area contributed by atoms with Gasteiger partial charge in [-0.25, -0.2) is 9.97 Å². The summed E-state index contributed by atoms with van der Waals surface area (Å²) in [7, 11) is 1.67. The zero-order valence-electron chi connectivity index (χ0n) is 18.2. The minimum atomic E-state index is -0.0622. The van der Waals surface area contributed by atoms with Gasteiger partial charge >= 0.3 is 0 Å². The molecule has 0 saturated carbocycles. The third kappa shape index (κ3) is 4.81. The highest BCUT2D eigenvalue weighted by Gasteiger charge is 2.19. The molecule has 2 aromatic heterocycles. The number of rotatable bonds is 7. The molecule has 0 spiro atoms. The number of ether oxygens (including phenoxy) is 1. The lowest BCUT2D eigenvalue weighted by atomic mass is 10.1.